The molecule has 1 N–H and O–H groups in total. The van der Waals surface area contributed by atoms with Gasteiger partial charge in [0, 0.05) is 5.92 Å². The molecule has 0 aromatic heterocycles. The number of rotatable bonds is 4. The fourth-order valence-electron chi connectivity index (χ4n) is 3.81. The smallest absolute Gasteiger partial charge is 0.306 e. The Balaban J connectivity index is 1.81. The van der Waals surface area contributed by atoms with Crippen LogP contribution in [0.25, 0.3) is 0 Å². The van der Waals surface area contributed by atoms with E-state index in [0.717, 1.165) is 0 Å². The van der Waals surface area contributed by atoms with Gasteiger partial charge in [0.25, 0.3) is 0 Å². The van der Waals surface area contributed by atoms with Crippen LogP contribution >= 0.6 is 0 Å². The highest BCUT2D eigenvalue weighted by molar-refractivity contribution is 5.70. The maximum absolute atomic E-state index is 11.9. The second-order valence-electron chi connectivity index (χ2n) is 7.34. The number of carbonyl (C=O) groups is 1. The van der Waals surface area contributed by atoms with E-state index in [-0.39, 0.29) is 25.1 Å². The topological polar surface area (TPSA) is 83.5 Å². The Morgan fingerprint density at radius 2 is 1.87 bits per heavy atom. The van der Waals surface area contributed by atoms with E-state index in [4.69, 9.17) is 23.7 Å². The molecule has 1 aliphatic carbocycles. The van der Waals surface area contributed by atoms with Crippen molar-refractivity contribution < 1.29 is 33.6 Å². The molecule has 0 aromatic rings. The molecule has 0 spiro atoms. The minimum atomic E-state index is -1.33. The normalized spacial score (nSPS) is 43.7. The lowest BCUT2D eigenvalue weighted by atomic mass is 9.60. The first-order valence-electron chi connectivity index (χ1n) is 8.14. The summed E-state index contributed by atoms with van der Waals surface area (Å²) in [6, 6.07) is 0. The van der Waals surface area contributed by atoms with Crippen LogP contribution in [0.3, 0.4) is 0 Å². The van der Waals surface area contributed by atoms with Crippen LogP contribution in [0.5, 0.6) is 0 Å². The van der Waals surface area contributed by atoms with Gasteiger partial charge in [-0.25, -0.2) is 0 Å². The summed E-state index contributed by atoms with van der Waals surface area (Å²) in [4.78, 5) is 11.9. The van der Waals surface area contributed by atoms with Gasteiger partial charge in [-0.15, -0.1) is 0 Å². The molecule has 0 aromatic carbocycles. The first-order chi connectivity index (χ1) is 10.6. The lowest BCUT2D eigenvalue weighted by Gasteiger charge is -2.54. The number of fused-ring (bicyclic) bond motifs is 1. The van der Waals surface area contributed by atoms with Crippen molar-refractivity contribution in [3.05, 3.63) is 0 Å². The zero-order valence-electron chi connectivity index (χ0n) is 14.3. The maximum atomic E-state index is 11.9. The van der Waals surface area contributed by atoms with Crippen molar-refractivity contribution in [1.82, 2.24) is 0 Å². The minimum absolute atomic E-state index is 0.0607. The van der Waals surface area contributed by atoms with Crippen LogP contribution < -0.4 is 0 Å². The van der Waals surface area contributed by atoms with Gasteiger partial charge in [0.05, 0.1) is 25.7 Å². The molecule has 7 nitrogen and oxygen atoms in total. The summed E-state index contributed by atoms with van der Waals surface area (Å²) >= 11 is 0. The van der Waals surface area contributed by atoms with Crippen molar-refractivity contribution in [1.29, 1.82) is 0 Å². The molecular weight excluding hydrogens is 304 g/mol. The molecule has 5 atom stereocenters. The highest BCUT2D eigenvalue weighted by atomic mass is 16.8. The standard InChI is InChI=1S/C16H26O7/c1-6-19-11(17)7-9-12-13(23-15(4,5)22-12)16(9,18)10-8-20-14(2,3)21-10/h9-10,12-13,18H,6-8H2,1-5H3/t9-,10-,12+,13+,16-/m1/s1. The van der Waals surface area contributed by atoms with Gasteiger partial charge in [0.2, 0.25) is 0 Å². The van der Waals surface area contributed by atoms with E-state index < -0.39 is 35.3 Å². The predicted molar refractivity (Wildman–Crippen MR) is 78.4 cm³/mol. The lowest BCUT2D eigenvalue weighted by Crippen LogP contribution is -2.74. The largest absolute Gasteiger partial charge is 0.466 e. The molecule has 0 unspecified atom stereocenters. The summed E-state index contributed by atoms with van der Waals surface area (Å²) in [6.45, 7) is 9.48. The molecule has 132 valence electrons. The number of ether oxygens (including phenoxy) is 5. The Hall–Kier alpha value is -0.730. The van der Waals surface area contributed by atoms with E-state index in [1.807, 2.05) is 0 Å². The summed E-state index contributed by atoms with van der Waals surface area (Å²) in [7, 11) is 0. The van der Waals surface area contributed by atoms with Crippen molar-refractivity contribution in [2.24, 2.45) is 5.92 Å². The Kier molecular flexibility index (Phi) is 4.01. The zero-order valence-corrected chi connectivity index (χ0v) is 14.3. The molecule has 0 amide bonds. The SMILES string of the molecule is CCOC(=O)C[C@@H]1[C@@H]2OC(C)(C)O[C@@H]2[C@]1(O)[C@H]1COC(C)(C)O1. The molecule has 1 saturated carbocycles. The highest BCUT2D eigenvalue weighted by Crippen LogP contribution is 2.55. The van der Waals surface area contributed by atoms with Crippen molar-refractivity contribution in [3.63, 3.8) is 0 Å². The molecular formula is C16H26O7. The number of aliphatic hydroxyl groups is 1. The molecule has 0 bridgehead atoms. The van der Waals surface area contributed by atoms with Crippen LogP contribution in [0.15, 0.2) is 0 Å². The van der Waals surface area contributed by atoms with E-state index in [9.17, 15) is 9.90 Å². The minimum Gasteiger partial charge on any atom is -0.466 e. The monoisotopic (exact) mass is 330 g/mol. The summed E-state index contributed by atoms with van der Waals surface area (Å²) < 4.78 is 28.2. The van der Waals surface area contributed by atoms with Gasteiger partial charge in [-0.1, -0.05) is 0 Å². The van der Waals surface area contributed by atoms with Gasteiger partial charge in [0.1, 0.15) is 17.8 Å². The van der Waals surface area contributed by atoms with Crippen LogP contribution in [0, 0.1) is 5.92 Å². The average Bonchev–Trinajstić information content (AvgIpc) is 2.94. The summed E-state index contributed by atoms with van der Waals surface area (Å²) in [5.74, 6) is -2.38. The molecule has 3 rings (SSSR count). The molecule has 3 aliphatic rings. The second-order valence-corrected chi connectivity index (χ2v) is 7.34. The summed E-state index contributed by atoms with van der Waals surface area (Å²) in [6.07, 6.45) is -1.41. The predicted octanol–water partition coefficient (Wildman–Crippen LogP) is 0.972. The summed E-state index contributed by atoms with van der Waals surface area (Å²) in [5, 5.41) is 11.3. The second kappa shape index (κ2) is 5.39. The molecule has 2 aliphatic heterocycles. The third kappa shape index (κ3) is 2.78. The van der Waals surface area contributed by atoms with Gasteiger partial charge in [-0.2, -0.15) is 0 Å². The van der Waals surface area contributed by atoms with Gasteiger partial charge in [0.15, 0.2) is 11.6 Å². The van der Waals surface area contributed by atoms with Crippen molar-refractivity contribution in [3.8, 4) is 0 Å². The quantitative estimate of drug-likeness (QED) is 0.769. The van der Waals surface area contributed by atoms with E-state index in [1.54, 1.807) is 34.6 Å². The van der Waals surface area contributed by atoms with Crippen LogP contribution in [0.1, 0.15) is 41.0 Å². The van der Waals surface area contributed by atoms with E-state index >= 15 is 0 Å². The van der Waals surface area contributed by atoms with E-state index in [2.05, 4.69) is 0 Å². The maximum Gasteiger partial charge on any atom is 0.306 e. The molecule has 7 heteroatoms. The van der Waals surface area contributed by atoms with Crippen LogP contribution in [0.2, 0.25) is 0 Å². The van der Waals surface area contributed by atoms with Gasteiger partial charge < -0.3 is 28.8 Å². The molecule has 23 heavy (non-hydrogen) atoms. The van der Waals surface area contributed by atoms with Crippen molar-refractivity contribution >= 4 is 5.97 Å². The zero-order chi connectivity index (χ0) is 17.0. The number of hydrogen-bond donors (Lipinski definition) is 1. The Bertz CT molecular complexity index is 483. The fourth-order valence-corrected chi connectivity index (χ4v) is 3.81. The van der Waals surface area contributed by atoms with Crippen LogP contribution in [-0.2, 0) is 28.5 Å². The molecule has 2 heterocycles. The van der Waals surface area contributed by atoms with E-state index in [1.165, 1.54) is 0 Å². The number of esters is 1. The van der Waals surface area contributed by atoms with Crippen molar-refractivity contribution in [2.45, 2.75) is 76.5 Å². The van der Waals surface area contributed by atoms with Crippen molar-refractivity contribution in [2.75, 3.05) is 13.2 Å². The first kappa shape index (κ1) is 17.1. The van der Waals surface area contributed by atoms with Gasteiger partial charge in [-0.05, 0) is 34.6 Å². The van der Waals surface area contributed by atoms with Crippen LogP contribution in [-0.4, -0.2) is 59.8 Å². The van der Waals surface area contributed by atoms with Gasteiger partial charge >= 0.3 is 5.97 Å². The Morgan fingerprint density at radius 1 is 1.17 bits per heavy atom. The van der Waals surface area contributed by atoms with E-state index in [0.29, 0.717) is 6.61 Å². The molecule has 3 fully saturated rings. The fraction of sp³-hybridized carbons (Fsp3) is 0.938. The Labute approximate surface area is 136 Å². The third-order valence-corrected chi connectivity index (χ3v) is 4.79. The molecule has 0 radical (unpaired) electrons. The first-order valence-corrected chi connectivity index (χ1v) is 8.14. The third-order valence-electron chi connectivity index (χ3n) is 4.79. The number of hydrogen-bond acceptors (Lipinski definition) is 7. The van der Waals surface area contributed by atoms with Crippen LogP contribution in [0.4, 0.5) is 0 Å². The average molecular weight is 330 g/mol. The highest BCUT2D eigenvalue weighted by Gasteiger charge is 2.73. The number of carbonyl (C=O) groups excluding carboxylic acids is 1. The van der Waals surface area contributed by atoms with Gasteiger partial charge in [-0.3, -0.25) is 4.79 Å². The lowest BCUT2D eigenvalue weighted by molar-refractivity contribution is -0.273. The molecule has 2 saturated heterocycles. The Morgan fingerprint density at radius 3 is 2.43 bits per heavy atom. The summed E-state index contributed by atoms with van der Waals surface area (Å²) in [5.41, 5.74) is -1.33.